The van der Waals surface area contributed by atoms with E-state index in [0.717, 1.165) is 22.3 Å². The SMILES string of the molecule is O=c1c2ccccc2c(-c2nnc(-c3ccc(-c4ccccc4)cc3)o2)nn1Cc1ccccc1. The van der Waals surface area contributed by atoms with Gasteiger partial charge in [0.05, 0.1) is 11.9 Å². The Kier molecular flexibility index (Phi) is 5.24. The summed E-state index contributed by atoms with van der Waals surface area (Å²) in [7, 11) is 0. The van der Waals surface area contributed by atoms with E-state index >= 15 is 0 Å². The summed E-state index contributed by atoms with van der Waals surface area (Å²) in [6.45, 7) is 0.347. The third-order valence-electron chi connectivity index (χ3n) is 5.91. The first-order valence-electron chi connectivity index (χ1n) is 11.3. The summed E-state index contributed by atoms with van der Waals surface area (Å²) in [5.74, 6) is 0.663. The molecule has 6 aromatic rings. The minimum atomic E-state index is -0.163. The van der Waals surface area contributed by atoms with Gasteiger partial charge in [-0.1, -0.05) is 91.0 Å². The van der Waals surface area contributed by atoms with Gasteiger partial charge in [-0.25, -0.2) is 4.68 Å². The number of benzene rings is 4. The van der Waals surface area contributed by atoms with Crippen molar-refractivity contribution in [3.8, 4) is 34.2 Å². The lowest BCUT2D eigenvalue weighted by atomic mass is 10.0. The van der Waals surface area contributed by atoms with E-state index in [1.807, 2.05) is 91.0 Å². The Balaban J connectivity index is 1.39. The van der Waals surface area contributed by atoms with Gasteiger partial charge in [-0.2, -0.15) is 5.10 Å². The monoisotopic (exact) mass is 456 g/mol. The van der Waals surface area contributed by atoms with Gasteiger partial charge >= 0.3 is 0 Å². The molecule has 4 aromatic carbocycles. The van der Waals surface area contributed by atoms with E-state index in [1.54, 1.807) is 6.07 Å². The average Bonchev–Trinajstić information content (AvgIpc) is 3.42. The van der Waals surface area contributed by atoms with Crippen molar-refractivity contribution >= 4 is 10.8 Å². The van der Waals surface area contributed by atoms with Crippen LogP contribution in [0.25, 0.3) is 44.9 Å². The van der Waals surface area contributed by atoms with Crippen molar-refractivity contribution in [2.75, 3.05) is 0 Å². The first-order chi connectivity index (χ1) is 17.3. The zero-order valence-electron chi connectivity index (χ0n) is 18.7. The first kappa shape index (κ1) is 20.7. The van der Waals surface area contributed by atoms with E-state index in [9.17, 15) is 4.79 Å². The quantitative estimate of drug-likeness (QED) is 0.326. The van der Waals surface area contributed by atoms with Crippen LogP contribution in [0.15, 0.2) is 118 Å². The summed E-state index contributed by atoms with van der Waals surface area (Å²) in [4.78, 5) is 13.1. The molecule has 6 rings (SSSR count). The van der Waals surface area contributed by atoms with Crippen LogP contribution in [0.2, 0.25) is 0 Å². The summed E-state index contributed by atoms with van der Waals surface area (Å²) in [6, 6.07) is 35.3. The van der Waals surface area contributed by atoms with Crippen molar-refractivity contribution in [3.05, 3.63) is 125 Å². The molecule has 0 N–H and O–H groups in total. The van der Waals surface area contributed by atoms with Crippen LogP contribution in [0, 0.1) is 0 Å². The highest BCUT2D eigenvalue weighted by Crippen LogP contribution is 2.28. The lowest BCUT2D eigenvalue weighted by Crippen LogP contribution is -2.24. The van der Waals surface area contributed by atoms with Crippen molar-refractivity contribution in [2.45, 2.75) is 6.54 Å². The summed E-state index contributed by atoms with van der Waals surface area (Å²) < 4.78 is 7.50. The number of fused-ring (bicyclic) bond motifs is 1. The first-order valence-corrected chi connectivity index (χ1v) is 11.3. The van der Waals surface area contributed by atoms with Crippen LogP contribution >= 0.6 is 0 Å². The molecule has 0 aliphatic heterocycles. The molecular formula is C29H20N4O2. The third kappa shape index (κ3) is 4.02. The molecule has 0 amide bonds. The Morgan fingerprint density at radius 2 is 1.17 bits per heavy atom. The molecular weight excluding hydrogens is 436 g/mol. The van der Waals surface area contributed by atoms with Gasteiger partial charge in [0.1, 0.15) is 0 Å². The molecule has 2 heterocycles. The Morgan fingerprint density at radius 1 is 0.600 bits per heavy atom. The summed E-state index contributed by atoms with van der Waals surface area (Å²) >= 11 is 0. The second-order valence-electron chi connectivity index (χ2n) is 8.20. The maximum Gasteiger partial charge on any atom is 0.274 e. The normalized spacial score (nSPS) is 11.1. The van der Waals surface area contributed by atoms with Crippen molar-refractivity contribution in [1.29, 1.82) is 0 Å². The van der Waals surface area contributed by atoms with Crippen LogP contribution in [-0.2, 0) is 6.54 Å². The molecule has 0 spiro atoms. The lowest BCUT2D eigenvalue weighted by molar-refractivity contribution is 0.573. The van der Waals surface area contributed by atoms with E-state index in [0.29, 0.717) is 28.9 Å². The Bertz CT molecular complexity index is 1670. The smallest absolute Gasteiger partial charge is 0.274 e. The molecule has 0 aliphatic carbocycles. The maximum atomic E-state index is 13.1. The van der Waals surface area contributed by atoms with Crippen LogP contribution in [0.5, 0.6) is 0 Å². The highest BCUT2D eigenvalue weighted by molar-refractivity contribution is 5.91. The van der Waals surface area contributed by atoms with Gasteiger partial charge in [0.25, 0.3) is 11.4 Å². The van der Waals surface area contributed by atoms with Crippen LogP contribution in [0.4, 0.5) is 0 Å². The Morgan fingerprint density at radius 3 is 1.91 bits per heavy atom. The minimum Gasteiger partial charge on any atom is -0.415 e. The van der Waals surface area contributed by atoms with Crippen LogP contribution in [0.1, 0.15) is 5.56 Å². The van der Waals surface area contributed by atoms with Crippen LogP contribution < -0.4 is 5.56 Å². The van der Waals surface area contributed by atoms with E-state index in [4.69, 9.17) is 4.42 Å². The van der Waals surface area contributed by atoms with Crippen molar-refractivity contribution in [1.82, 2.24) is 20.0 Å². The fraction of sp³-hybridized carbons (Fsp3) is 0.0345. The van der Waals surface area contributed by atoms with Crippen molar-refractivity contribution in [2.24, 2.45) is 0 Å². The molecule has 35 heavy (non-hydrogen) atoms. The molecule has 0 unspecified atom stereocenters. The highest BCUT2D eigenvalue weighted by atomic mass is 16.4. The molecule has 0 aliphatic rings. The zero-order valence-corrected chi connectivity index (χ0v) is 18.7. The molecule has 0 atom stereocenters. The average molecular weight is 457 g/mol. The Labute approximate surface area is 201 Å². The van der Waals surface area contributed by atoms with Crippen molar-refractivity contribution in [3.63, 3.8) is 0 Å². The summed E-state index contributed by atoms with van der Waals surface area (Å²) in [5, 5.41) is 14.4. The fourth-order valence-electron chi connectivity index (χ4n) is 4.13. The van der Waals surface area contributed by atoms with Crippen LogP contribution in [-0.4, -0.2) is 20.0 Å². The number of aromatic nitrogens is 4. The number of rotatable bonds is 5. The molecule has 2 aromatic heterocycles. The van der Waals surface area contributed by atoms with Gasteiger partial charge in [-0.3, -0.25) is 4.79 Å². The van der Waals surface area contributed by atoms with E-state index in [1.165, 1.54) is 4.68 Å². The van der Waals surface area contributed by atoms with Gasteiger partial charge < -0.3 is 4.42 Å². The van der Waals surface area contributed by atoms with E-state index in [-0.39, 0.29) is 11.4 Å². The second kappa shape index (κ2) is 8.83. The number of hydrogen-bond donors (Lipinski definition) is 0. The van der Waals surface area contributed by atoms with Gasteiger partial charge in [-0.05, 0) is 34.9 Å². The second-order valence-corrected chi connectivity index (χ2v) is 8.20. The standard InChI is InChI=1S/C29H20N4O2/c34-29-25-14-8-7-13-24(25)26(32-33(29)19-20-9-3-1-4-10-20)28-31-30-27(35-28)23-17-15-22(16-18-23)21-11-5-2-6-12-21/h1-18H,19H2. The number of nitrogens with zero attached hydrogens (tertiary/aromatic N) is 4. The third-order valence-corrected chi connectivity index (χ3v) is 5.91. The lowest BCUT2D eigenvalue weighted by Gasteiger charge is -2.09. The summed E-state index contributed by atoms with van der Waals surface area (Å²) in [6.07, 6.45) is 0. The maximum absolute atomic E-state index is 13.1. The predicted molar refractivity (Wildman–Crippen MR) is 136 cm³/mol. The van der Waals surface area contributed by atoms with E-state index < -0.39 is 0 Å². The molecule has 6 heteroatoms. The van der Waals surface area contributed by atoms with E-state index in [2.05, 4.69) is 27.4 Å². The molecule has 0 saturated carbocycles. The molecule has 6 nitrogen and oxygen atoms in total. The van der Waals surface area contributed by atoms with Gasteiger partial charge in [0.15, 0.2) is 5.69 Å². The molecule has 0 fully saturated rings. The van der Waals surface area contributed by atoms with Gasteiger partial charge in [-0.15, -0.1) is 10.2 Å². The number of hydrogen-bond acceptors (Lipinski definition) is 5. The fourth-order valence-corrected chi connectivity index (χ4v) is 4.13. The predicted octanol–water partition coefficient (Wildman–Crippen LogP) is 5.83. The zero-order chi connectivity index (χ0) is 23.6. The summed E-state index contributed by atoms with van der Waals surface area (Å²) in [5.41, 5.74) is 4.36. The largest absolute Gasteiger partial charge is 0.415 e. The molecule has 168 valence electrons. The topological polar surface area (TPSA) is 73.8 Å². The van der Waals surface area contributed by atoms with Gasteiger partial charge in [0, 0.05) is 10.9 Å². The van der Waals surface area contributed by atoms with Crippen molar-refractivity contribution < 1.29 is 4.42 Å². The molecule has 0 bridgehead atoms. The van der Waals surface area contributed by atoms with Gasteiger partial charge in [0.2, 0.25) is 5.89 Å². The highest BCUT2D eigenvalue weighted by Gasteiger charge is 2.18. The molecule has 0 saturated heterocycles. The Hall–Kier alpha value is -4.84. The van der Waals surface area contributed by atoms with Crippen LogP contribution in [0.3, 0.4) is 0 Å². The molecule has 0 radical (unpaired) electrons. The minimum absolute atomic E-state index is 0.163.